The zero-order chi connectivity index (χ0) is 15.2. The van der Waals surface area contributed by atoms with Crippen molar-refractivity contribution in [2.45, 2.75) is 32.9 Å². The summed E-state index contributed by atoms with van der Waals surface area (Å²) in [7, 11) is 1.97. The van der Waals surface area contributed by atoms with Crippen LogP contribution in [0.5, 0.6) is 5.75 Å². The lowest BCUT2D eigenvalue weighted by Crippen LogP contribution is -2.22. The van der Waals surface area contributed by atoms with Crippen LogP contribution in [-0.4, -0.2) is 23.4 Å². The second kappa shape index (κ2) is 7.61. The number of nitrogens with one attached hydrogen (secondary N) is 1. The van der Waals surface area contributed by atoms with E-state index in [9.17, 15) is 0 Å². The Labute approximate surface area is 134 Å². The van der Waals surface area contributed by atoms with Gasteiger partial charge in [0.2, 0.25) is 0 Å². The topological polar surface area (TPSA) is 39.1 Å². The van der Waals surface area contributed by atoms with Crippen molar-refractivity contribution in [1.82, 2.24) is 15.1 Å². The number of benzene rings is 1. The second-order valence-electron chi connectivity index (χ2n) is 4.99. The van der Waals surface area contributed by atoms with Gasteiger partial charge in [0.15, 0.2) is 0 Å². The third kappa shape index (κ3) is 4.08. The number of rotatable bonds is 7. The van der Waals surface area contributed by atoms with Gasteiger partial charge in [0.05, 0.1) is 29.0 Å². The number of nitrogens with zero attached hydrogens (tertiary/aromatic N) is 2. The predicted octanol–water partition coefficient (Wildman–Crippen LogP) is 3.70. The molecule has 1 heterocycles. The number of hydrogen-bond acceptors (Lipinski definition) is 3. The number of ether oxygens (including phenoxy) is 1. The van der Waals surface area contributed by atoms with Crippen LogP contribution in [0.3, 0.4) is 0 Å². The summed E-state index contributed by atoms with van der Waals surface area (Å²) in [6, 6.07) is 8.35. The maximum atomic E-state index is 5.85. The van der Waals surface area contributed by atoms with Gasteiger partial charge < -0.3 is 10.1 Å². The van der Waals surface area contributed by atoms with Gasteiger partial charge in [0.25, 0.3) is 0 Å². The fraction of sp³-hybridized carbons (Fsp3) is 0.438. The van der Waals surface area contributed by atoms with Crippen molar-refractivity contribution in [3.8, 4) is 5.75 Å². The smallest absolute Gasteiger partial charge is 0.119 e. The Hall–Kier alpha value is -1.33. The quantitative estimate of drug-likeness (QED) is 0.826. The van der Waals surface area contributed by atoms with Crippen LogP contribution in [0.1, 0.15) is 30.6 Å². The molecule has 0 amide bonds. The molecule has 1 aromatic carbocycles. The molecule has 1 unspecified atom stereocenters. The fourth-order valence-corrected chi connectivity index (χ4v) is 2.96. The van der Waals surface area contributed by atoms with Crippen LogP contribution in [-0.2, 0) is 6.54 Å². The third-order valence-corrected chi connectivity index (χ3v) is 4.09. The van der Waals surface area contributed by atoms with Gasteiger partial charge in [-0.1, -0.05) is 12.1 Å². The van der Waals surface area contributed by atoms with Gasteiger partial charge in [-0.05, 0) is 54.5 Å². The molecule has 4 nitrogen and oxygen atoms in total. The number of aromatic nitrogens is 2. The highest BCUT2D eigenvalue weighted by molar-refractivity contribution is 9.10. The van der Waals surface area contributed by atoms with Crippen LogP contribution >= 0.6 is 15.9 Å². The van der Waals surface area contributed by atoms with E-state index in [0.29, 0.717) is 6.61 Å². The van der Waals surface area contributed by atoms with E-state index in [-0.39, 0.29) is 6.04 Å². The lowest BCUT2D eigenvalue weighted by Gasteiger charge is -2.18. The van der Waals surface area contributed by atoms with Gasteiger partial charge in [-0.3, -0.25) is 4.68 Å². The predicted molar refractivity (Wildman–Crippen MR) is 88.7 cm³/mol. The van der Waals surface area contributed by atoms with Gasteiger partial charge in [-0.15, -0.1) is 0 Å². The minimum absolute atomic E-state index is 0.214. The van der Waals surface area contributed by atoms with Gasteiger partial charge in [-0.2, -0.15) is 5.10 Å². The maximum Gasteiger partial charge on any atom is 0.119 e. The first kappa shape index (κ1) is 16.0. The first-order chi connectivity index (χ1) is 10.2. The molecular formula is C16H22BrN3O. The standard InChI is InChI=1S/C16H22BrN3O/c1-4-20-16(14(17)11-19-20)15(18-3)8-9-21-13-7-5-6-12(2)10-13/h5-7,10-11,15,18H,4,8-9H2,1-3H3. The molecule has 114 valence electrons. The molecule has 0 saturated heterocycles. The summed E-state index contributed by atoms with van der Waals surface area (Å²) < 4.78 is 8.90. The molecule has 21 heavy (non-hydrogen) atoms. The van der Waals surface area contributed by atoms with E-state index in [4.69, 9.17) is 4.74 Å². The molecule has 0 saturated carbocycles. The van der Waals surface area contributed by atoms with E-state index in [1.165, 1.54) is 11.3 Å². The first-order valence-corrected chi connectivity index (χ1v) is 8.03. The van der Waals surface area contributed by atoms with Crippen molar-refractivity contribution in [3.05, 3.63) is 46.2 Å². The summed E-state index contributed by atoms with van der Waals surface area (Å²) in [5, 5.41) is 7.72. The summed E-state index contributed by atoms with van der Waals surface area (Å²) in [6.45, 7) is 5.69. The molecule has 0 radical (unpaired) electrons. The summed E-state index contributed by atoms with van der Waals surface area (Å²) in [5.74, 6) is 0.924. The molecule has 5 heteroatoms. The zero-order valence-corrected chi connectivity index (χ0v) is 14.4. The molecule has 1 atom stereocenters. The molecule has 2 rings (SSSR count). The van der Waals surface area contributed by atoms with Gasteiger partial charge in [0, 0.05) is 13.0 Å². The molecule has 0 fully saturated rings. The van der Waals surface area contributed by atoms with Crippen LogP contribution in [0.15, 0.2) is 34.9 Å². The van der Waals surface area contributed by atoms with E-state index >= 15 is 0 Å². The Bertz CT molecular complexity index is 583. The summed E-state index contributed by atoms with van der Waals surface area (Å²) in [5.41, 5.74) is 2.39. The van der Waals surface area contributed by atoms with Crippen LogP contribution < -0.4 is 10.1 Å². The molecule has 0 aliphatic carbocycles. The van der Waals surface area contributed by atoms with Crippen LogP contribution in [0, 0.1) is 6.92 Å². The van der Waals surface area contributed by atoms with E-state index < -0.39 is 0 Å². The van der Waals surface area contributed by atoms with Crippen molar-refractivity contribution in [3.63, 3.8) is 0 Å². The second-order valence-corrected chi connectivity index (χ2v) is 5.84. The van der Waals surface area contributed by atoms with Crippen LogP contribution in [0.25, 0.3) is 0 Å². The van der Waals surface area contributed by atoms with Crippen molar-refractivity contribution in [2.75, 3.05) is 13.7 Å². The lowest BCUT2D eigenvalue weighted by atomic mass is 10.1. The minimum Gasteiger partial charge on any atom is -0.494 e. The Balaban J connectivity index is 1.98. The molecule has 1 aromatic heterocycles. The molecular weight excluding hydrogens is 330 g/mol. The normalized spacial score (nSPS) is 12.4. The number of halogens is 1. The van der Waals surface area contributed by atoms with Gasteiger partial charge >= 0.3 is 0 Å². The monoisotopic (exact) mass is 351 g/mol. The van der Waals surface area contributed by atoms with Crippen molar-refractivity contribution in [1.29, 1.82) is 0 Å². The Morgan fingerprint density at radius 3 is 2.90 bits per heavy atom. The number of hydrogen-bond donors (Lipinski definition) is 1. The Kier molecular flexibility index (Phi) is 5.82. The molecule has 0 aliphatic heterocycles. The fourth-order valence-electron chi connectivity index (χ4n) is 2.39. The van der Waals surface area contributed by atoms with Crippen molar-refractivity contribution >= 4 is 15.9 Å². The van der Waals surface area contributed by atoms with Crippen molar-refractivity contribution in [2.24, 2.45) is 0 Å². The van der Waals surface area contributed by atoms with E-state index in [1.54, 1.807) is 0 Å². The summed E-state index contributed by atoms with van der Waals surface area (Å²) >= 11 is 3.58. The van der Waals surface area contributed by atoms with E-state index in [1.807, 2.05) is 30.1 Å². The largest absolute Gasteiger partial charge is 0.494 e. The van der Waals surface area contributed by atoms with Crippen LogP contribution in [0.2, 0.25) is 0 Å². The highest BCUT2D eigenvalue weighted by Crippen LogP contribution is 2.25. The zero-order valence-electron chi connectivity index (χ0n) is 12.8. The van der Waals surface area contributed by atoms with Crippen molar-refractivity contribution < 1.29 is 4.74 Å². The third-order valence-electron chi connectivity index (χ3n) is 3.48. The average molecular weight is 352 g/mol. The van der Waals surface area contributed by atoms with Gasteiger partial charge in [-0.25, -0.2) is 0 Å². The van der Waals surface area contributed by atoms with Crippen LogP contribution in [0.4, 0.5) is 0 Å². The SMILES string of the molecule is CCn1ncc(Br)c1C(CCOc1cccc(C)c1)NC. The Morgan fingerprint density at radius 2 is 2.24 bits per heavy atom. The van der Waals surface area contributed by atoms with E-state index in [2.05, 4.69) is 52.3 Å². The first-order valence-electron chi connectivity index (χ1n) is 7.23. The highest BCUT2D eigenvalue weighted by atomic mass is 79.9. The molecule has 0 aliphatic rings. The van der Waals surface area contributed by atoms with Gasteiger partial charge in [0.1, 0.15) is 5.75 Å². The highest BCUT2D eigenvalue weighted by Gasteiger charge is 2.18. The summed E-state index contributed by atoms with van der Waals surface area (Å²) in [6.07, 6.45) is 2.74. The molecule has 0 bridgehead atoms. The molecule has 2 aromatic rings. The Morgan fingerprint density at radius 1 is 1.43 bits per heavy atom. The maximum absolute atomic E-state index is 5.85. The average Bonchev–Trinajstić information content (AvgIpc) is 2.85. The summed E-state index contributed by atoms with van der Waals surface area (Å²) in [4.78, 5) is 0. The molecule has 1 N–H and O–H groups in total. The number of aryl methyl sites for hydroxylation is 2. The molecule has 0 spiro atoms. The lowest BCUT2D eigenvalue weighted by molar-refractivity contribution is 0.286. The minimum atomic E-state index is 0.214. The van der Waals surface area contributed by atoms with E-state index in [0.717, 1.165) is 23.2 Å².